The molecule has 0 unspecified atom stereocenters. The maximum Gasteiger partial charge on any atom is 0.0572 e. The summed E-state index contributed by atoms with van der Waals surface area (Å²) in [5.41, 5.74) is 14.1. The molecule has 10 aromatic rings. The van der Waals surface area contributed by atoms with Crippen LogP contribution in [0, 0.1) is 0 Å². The van der Waals surface area contributed by atoms with Crippen LogP contribution in [0.1, 0.15) is 25.0 Å². The molecule has 0 fully saturated rings. The Bertz CT molecular complexity index is 2540. The number of benzene rings is 4. The molecule has 0 bridgehead atoms. The molecule has 0 atom stereocenters. The lowest BCUT2D eigenvalue weighted by atomic mass is 9.98. The number of rotatable bonds is 6. The molecule has 6 aromatic heterocycles. The van der Waals surface area contributed by atoms with Crippen molar-refractivity contribution < 1.29 is 0 Å². The zero-order chi connectivity index (χ0) is 35.7. The second-order valence-corrected chi connectivity index (χ2v) is 12.9. The van der Waals surface area contributed by atoms with E-state index in [0.29, 0.717) is 0 Å². The topological polar surface area (TPSA) is 61.4 Å². The Morgan fingerprint density at radius 2 is 0.604 bits per heavy atom. The normalized spacial score (nSPS) is 11.3. The molecule has 53 heavy (non-hydrogen) atoms. The van der Waals surface area contributed by atoms with E-state index < -0.39 is 0 Å². The lowest BCUT2D eigenvalue weighted by Gasteiger charge is -2.10. The zero-order valence-electron chi connectivity index (χ0n) is 29.6. The minimum atomic E-state index is 0.882. The Morgan fingerprint density at radius 1 is 0.340 bits per heavy atom. The molecule has 0 N–H and O–H groups in total. The third-order valence-electron chi connectivity index (χ3n) is 9.97. The van der Waals surface area contributed by atoms with Crippen LogP contribution < -0.4 is 0 Å². The first kappa shape index (κ1) is 32.0. The van der Waals surface area contributed by atoms with Crippen molar-refractivity contribution >= 4 is 43.6 Å². The lowest BCUT2D eigenvalue weighted by molar-refractivity contribution is 1.17. The smallest absolute Gasteiger partial charge is 0.0572 e. The Kier molecular flexibility index (Phi) is 8.25. The van der Waals surface area contributed by atoms with Crippen LogP contribution in [0.2, 0.25) is 0 Å². The summed E-state index contributed by atoms with van der Waals surface area (Å²) in [6.45, 7) is 4.00. The molecule has 0 aliphatic rings. The average molecular weight is 685 g/mol. The van der Waals surface area contributed by atoms with Gasteiger partial charge in [-0.25, -0.2) is 0 Å². The Balaban J connectivity index is 0.00000183. The van der Waals surface area contributed by atoms with Crippen LogP contribution >= 0.6 is 0 Å². The van der Waals surface area contributed by atoms with E-state index in [1.165, 1.54) is 33.4 Å². The van der Waals surface area contributed by atoms with Crippen LogP contribution in [0.25, 0.3) is 77.2 Å². The molecule has 4 aromatic carbocycles. The largest absolute Gasteiger partial charge is 0.309 e. The van der Waals surface area contributed by atoms with Crippen molar-refractivity contribution in [1.29, 1.82) is 0 Å². The molecule has 0 radical (unpaired) electrons. The highest BCUT2D eigenvalue weighted by molar-refractivity contribution is 6.09. The molecule has 0 saturated heterocycles. The summed E-state index contributed by atoms with van der Waals surface area (Å²) in [5, 5.41) is 4.43. The lowest BCUT2D eigenvalue weighted by Crippen LogP contribution is -1.94. The minimum Gasteiger partial charge on any atom is -0.309 e. The van der Waals surface area contributed by atoms with E-state index >= 15 is 0 Å². The molecule has 0 spiro atoms. The number of hydrogen-bond donors (Lipinski definition) is 0. The average Bonchev–Trinajstić information content (AvgIpc) is 3.76. The number of nitrogens with zero attached hydrogens (tertiary/aromatic N) is 6. The summed E-state index contributed by atoms with van der Waals surface area (Å²) in [6, 6.07) is 43.7. The van der Waals surface area contributed by atoms with E-state index in [0.717, 1.165) is 61.4 Å². The SMILES string of the molecule is CC.c1cc2c(cn1)c1cnccc1n2-c1ccc(-c2ccc(Cc3ccc(-c4ccc(-n5c6ccncc6c6cnccc65)cc4)cc3)cc2)cc1. The van der Waals surface area contributed by atoms with Gasteiger partial charge in [0, 0.05) is 82.5 Å². The van der Waals surface area contributed by atoms with Gasteiger partial charge < -0.3 is 9.13 Å². The van der Waals surface area contributed by atoms with Gasteiger partial charge in [0.25, 0.3) is 0 Å². The Labute approximate surface area is 307 Å². The predicted octanol–water partition coefficient (Wildman–Crippen LogP) is 11.4. The van der Waals surface area contributed by atoms with E-state index in [4.69, 9.17) is 0 Å². The standard InChI is InChI=1S/C45H30N6.C2H6/c1-5-32(34-9-13-36(14-10-34)50-42-17-21-46-26-38(42)39-27-47-22-18-43(39)50)6-2-30(1)25-31-3-7-33(8-4-31)35-11-15-37(16-12-35)51-44-19-23-48-28-40(44)41-29-49-24-20-45(41)51;1-2/h1-24,26-29H,25H2;1-2H3. The molecule has 6 heteroatoms. The third kappa shape index (κ3) is 5.71. The first-order valence-corrected chi connectivity index (χ1v) is 18.0. The summed E-state index contributed by atoms with van der Waals surface area (Å²) in [7, 11) is 0. The molecule has 0 aliphatic carbocycles. The number of pyridine rings is 4. The summed E-state index contributed by atoms with van der Waals surface area (Å²) in [4.78, 5) is 17.4. The summed E-state index contributed by atoms with van der Waals surface area (Å²) < 4.78 is 4.56. The van der Waals surface area contributed by atoms with Crippen LogP contribution in [-0.4, -0.2) is 29.1 Å². The maximum absolute atomic E-state index is 4.35. The van der Waals surface area contributed by atoms with Crippen molar-refractivity contribution in [3.05, 3.63) is 182 Å². The number of fused-ring (bicyclic) bond motifs is 6. The molecule has 6 nitrogen and oxygen atoms in total. The van der Waals surface area contributed by atoms with E-state index in [1.807, 2.05) is 63.4 Å². The predicted molar refractivity (Wildman–Crippen MR) is 218 cm³/mol. The van der Waals surface area contributed by atoms with E-state index in [-0.39, 0.29) is 0 Å². The zero-order valence-corrected chi connectivity index (χ0v) is 29.6. The quantitative estimate of drug-likeness (QED) is 0.175. The highest BCUT2D eigenvalue weighted by Gasteiger charge is 2.14. The van der Waals surface area contributed by atoms with Crippen molar-refractivity contribution in [3.8, 4) is 33.6 Å². The highest BCUT2D eigenvalue weighted by Crippen LogP contribution is 2.33. The van der Waals surface area contributed by atoms with Gasteiger partial charge in [0.05, 0.1) is 22.1 Å². The summed E-state index contributed by atoms with van der Waals surface area (Å²) >= 11 is 0. The monoisotopic (exact) mass is 684 g/mol. The fourth-order valence-electron chi connectivity index (χ4n) is 7.45. The van der Waals surface area contributed by atoms with E-state index in [9.17, 15) is 0 Å². The van der Waals surface area contributed by atoms with Gasteiger partial charge in [0.2, 0.25) is 0 Å². The maximum atomic E-state index is 4.35. The Morgan fingerprint density at radius 3 is 0.887 bits per heavy atom. The Hall–Kier alpha value is -6.92. The van der Waals surface area contributed by atoms with Gasteiger partial charge in [-0.1, -0.05) is 86.6 Å². The van der Waals surface area contributed by atoms with Crippen molar-refractivity contribution in [3.63, 3.8) is 0 Å². The van der Waals surface area contributed by atoms with Gasteiger partial charge in [-0.15, -0.1) is 0 Å². The minimum absolute atomic E-state index is 0.882. The first-order chi connectivity index (χ1) is 26.3. The van der Waals surface area contributed by atoms with Crippen LogP contribution in [0.5, 0.6) is 0 Å². The summed E-state index contributed by atoms with van der Waals surface area (Å²) in [5.74, 6) is 0. The van der Waals surface area contributed by atoms with Crippen LogP contribution in [0.4, 0.5) is 0 Å². The molecular formula is C47H36N6. The third-order valence-corrected chi connectivity index (χ3v) is 9.97. The first-order valence-electron chi connectivity index (χ1n) is 18.0. The van der Waals surface area contributed by atoms with Gasteiger partial charge >= 0.3 is 0 Å². The van der Waals surface area contributed by atoms with Crippen LogP contribution in [0.15, 0.2) is 171 Å². The fraction of sp³-hybridized carbons (Fsp3) is 0.0638. The van der Waals surface area contributed by atoms with Crippen molar-refractivity contribution in [2.45, 2.75) is 20.3 Å². The molecular weight excluding hydrogens is 649 g/mol. The molecule has 6 heterocycles. The van der Waals surface area contributed by atoms with E-state index in [1.54, 1.807) is 0 Å². The van der Waals surface area contributed by atoms with Gasteiger partial charge in [0.1, 0.15) is 0 Å². The van der Waals surface area contributed by atoms with Gasteiger partial charge in [-0.2, -0.15) is 0 Å². The second kappa shape index (κ2) is 13.7. The van der Waals surface area contributed by atoms with Crippen molar-refractivity contribution in [2.24, 2.45) is 0 Å². The number of hydrogen-bond acceptors (Lipinski definition) is 4. The summed E-state index contributed by atoms with van der Waals surface area (Å²) in [6.07, 6.45) is 15.9. The molecule has 254 valence electrons. The molecule has 0 aliphatic heterocycles. The van der Waals surface area contributed by atoms with Crippen LogP contribution in [-0.2, 0) is 6.42 Å². The molecule has 0 saturated carbocycles. The second-order valence-electron chi connectivity index (χ2n) is 12.9. The van der Waals surface area contributed by atoms with Gasteiger partial charge in [-0.05, 0) is 88.3 Å². The molecule has 0 amide bonds. The van der Waals surface area contributed by atoms with Gasteiger partial charge in [0.15, 0.2) is 0 Å². The highest BCUT2D eigenvalue weighted by atomic mass is 15.0. The van der Waals surface area contributed by atoms with Crippen molar-refractivity contribution in [2.75, 3.05) is 0 Å². The van der Waals surface area contributed by atoms with Crippen LogP contribution in [0.3, 0.4) is 0 Å². The molecule has 10 rings (SSSR count). The van der Waals surface area contributed by atoms with Gasteiger partial charge in [-0.3, -0.25) is 19.9 Å². The fourth-order valence-corrected chi connectivity index (χ4v) is 7.45. The number of aromatic nitrogens is 6. The van der Waals surface area contributed by atoms with E-state index in [2.05, 4.69) is 150 Å². The van der Waals surface area contributed by atoms with Crippen molar-refractivity contribution in [1.82, 2.24) is 29.1 Å².